The molecular weight excluding hydrogens is 204 g/mol. The highest BCUT2D eigenvalue weighted by atomic mass is 16.3. The second-order valence-electron chi connectivity index (χ2n) is 4.73. The number of rotatable bonds is 5. The molecule has 0 saturated heterocycles. The molecule has 0 aliphatic heterocycles. The van der Waals surface area contributed by atoms with Gasteiger partial charge in [-0.15, -0.1) is 0 Å². The second-order valence-corrected chi connectivity index (χ2v) is 4.73. The van der Waals surface area contributed by atoms with Crippen LogP contribution in [0.15, 0.2) is 0 Å². The smallest absolute Gasteiger partial charge is 0.242 e. The fraction of sp³-hybridized carbons (Fsp3) is 0.917. The number of nitrogens with two attached hydrogens (primary N) is 1. The van der Waals surface area contributed by atoms with Gasteiger partial charge in [-0.25, -0.2) is 0 Å². The molecule has 0 unspecified atom stereocenters. The van der Waals surface area contributed by atoms with Crippen LogP contribution in [0.4, 0.5) is 0 Å². The van der Waals surface area contributed by atoms with Crippen molar-refractivity contribution in [2.24, 2.45) is 5.73 Å². The van der Waals surface area contributed by atoms with E-state index in [0.29, 0.717) is 13.1 Å². The molecule has 0 atom stereocenters. The Bertz CT molecular complexity index is 219. The van der Waals surface area contributed by atoms with Crippen LogP contribution in [0.3, 0.4) is 0 Å². The largest absolute Gasteiger partial charge is 0.395 e. The van der Waals surface area contributed by atoms with Gasteiger partial charge in [-0.05, 0) is 19.3 Å². The van der Waals surface area contributed by atoms with E-state index in [0.717, 1.165) is 32.1 Å². The normalized spacial score (nSPS) is 19.4. The van der Waals surface area contributed by atoms with Crippen LogP contribution in [-0.2, 0) is 4.79 Å². The molecule has 94 valence electrons. The highest BCUT2D eigenvalue weighted by molar-refractivity contribution is 5.86. The van der Waals surface area contributed by atoms with Gasteiger partial charge in [0.15, 0.2) is 0 Å². The summed E-state index contributed by atoms with van der Waals surface area (Å²) in [4.78, 5) is 14.0. The van der Waals surface area contributed by atoms with Gasteiger partial charge in [-0.2, -0.15) is 0 Å². The first-order valence-corrected chi connectivity index (χ1v) is 6.33. The van der Waals surface area contributed by atoms with Crippen molar-refractivity contribution in [2.45, 2.75) is 51.0 Å². The van der Waals surface area contributed by atoms with Crippen LogP contribution in [0.5, 0.6) is 0 Å². The van der Waals surface area contributed by atoms with Crippen LogP contribution in [0.1, 0.15) is 45.4 Å². The molecule has 16 heavy (non-hydrogen) atoms. The number of nitrogens with zero attached hydrogens (tertiary/aromatic N) is 1. The van der Waals surface area contributed by atoms with E-state index in [4.69, 9.17) is 10.8 Å². The van der Waals surface area contributed by atoms with Gasteiger partial charge in [-0.1, -0.05) is 26.2 Å². The number of aliphatic hydroxyl groups excluding tert-OH is 1. The first-order chi connectivity index (χ1) is 7.64. The zero-order chi connectivity index (χ0) is 12.0. The van der Waals surface area contributed by atoms with Crippen molar-refractivity contribution >= 4 is 5.91 Å². The molecule has 0 spiro atoms. The quantitative estimate of drug-likeness (QED) is 0.734. The molecule has 0 radical (unpaired) electrons. The number of amides is 1. The summed E-state index contributed by atoms with van der Waals surface area (Å²) in [7, 11) is 0. The maximum absolute atomic E-state index is 12.3. The Balaban J connectivity index is 2.63. The molecule has 4 heteroatoms. The number of aliphatic hydroxyl groups is 1. The van der Waals surface area contributed by atoms with E-state index in [1.807, 2.05) is 6.92 Å². The zero-order valence-corrected chi connectivity index (χ0v) is 10.2. The lowest BCUT2D eigenvalue weighted by atomic mass is 9.81. The maximum atomic E-state index is 12.3. The van der Waals surface area contributed by atoms with Crippen molar-refractivity contribution < 1.29 is 9.90 Å². The summed E-state index contributed by atoms with van der Waals surface area (Å²) in [5, 5.41) is 8.96. The molecular formula is C12H24N2O2. The highest BCUT2D eigenvalue weighted by Gasteiger charge is 2.37. The van der Waals surface area contributed by atoms with E-state index < -0.39 is 5.54 Å². The molecule has 0 heterocycles. The van der Waals surface area contributed by atoms with Gasteiger partial charge in [0.05, 0.1) is 12.1 Å². The Morgan fingerprint density at radius 3 is 2.44 bits per heavy atom. The lowest BCUT2D eigenvalue weighted by Crippen LogP contribution is -2.56. The third kappa shape index (κ3) is 3.19. The average Bonchev–Trinajstić information content (AvgIpc) is 2.29. The van der Waals surface area contributed by atoms with E-state index in [1.165, 1.54) is 6.42 Å². The minimum Gasteiger partial charge on any atom is -0.395 e. The number of carbonyl (C=O) groups excluding carboxylic acids is 1. The van der Waals surface area contributed by atoms with Gasteiger partial charge in [0, 0.05) is 13.1 Å². The van der Waals surface area contributed by atoms with Gasteiger partial charge >= 0.3 is 0 Å². The molecule has 4 nitrogen and oxygen atoms in total. The molecule has 1 amide bonds. The number of hydrogen-bond donors (Lipinski definition) is 2. The summed E-state index contributed by atoms with van der Waals surface area (Å²) in [5.74, 6) is 0.0306. The minimum absolute atomic E-state index is 0.0157. The highest BCUT2D eigenvalue weighted by Crippen LogP contribution is 2.27. The maximum Gasteiger partial charge on any atom is 0.242 e. The molecule has 1 aliphatic rings. The van der Waals surface area contributed by atoms with Crippen molar-refractivity contribution in [1.82, 2.24) is 4.90 Å². The van der Waals surface area contributed by atoms with Crippen molar-refractivity contribution in [3.63, 3.8) is 0 Å². The Morgan fingerprint density at radius 2 is 1.94 bits per heavy atom. The molecule has 0 aromatic heterocycles. The summed E-state index contributed by atoms with van der Waals surface area (Å²) >= 11 is 0. The van der Waals surface area contributed by atoms with Gasteiger partial charge < -0.3 is 15.7 Å². The average molecular weight is 228 g/mol. The number of carbonyl (C=O) groups is 1. The van der Waals surface area contributed by atoms with Crippen molar-refractivity contribution in [2.75, 3.05) is 19.7 Å². The minimum atomic E-state index is -0.664. The van der Waals surface area contributed by atoms with E-state index >= 15 is 0 Å². The van der Waals surface area contributed by atoms with E-state index in [2.05, 4.69) is 0 Å². The van der Waals surface area contributed by atoms with Gasteiger partial charge in [0.2, 0.25) is 5.91 Å². The first kappa shape index (κ1) is 13.5. The Morgan fingerprint density at radius 1 is 1.31 bits per heavy atom. The third-order valence-electron chi connectivity index (χ3n) is 3.32. The van der Waals surface area contributed by atoms with Crippen LogP contribution >= 0.6 is 0 Å². The van der Waals surface area contributed by atoms with Crippen molar-refractivity contribution in [3.05, 3.63) is 0 Å². The van der Waals surface area contributed by atoms with Gasteiger partial charge in [0.25, 0.3) is 0 Å². The van der Waals surface area contributed by atoms with Gasteiger partial charge in [0.1, 0.15) is 0 Å². The second kappa shape index (κ2) is 6.21. The molecule has 0 aromatic carbocycles. The number of hydrogen-bond acceptors (Lipinski definition) is 3. The van der Waals surface area contributed by atoms with Crippen molar-refractivity contribution in [3.8, 4) is 0 Å². The molecule has 3 N–H and O–H groups in total. The Kier molecular flexibility index (Phi) is 5.22. The molecule has 1 fully saturated rings. The summed E-state index contributed by atoms with van der Waals surface area (Å²) in [5.41, 5.74) is 5.53. The fourth-order valence-corrected chi connectivity index (χ4v) is 2.42. The van der Waals surface area contributed by atoms with E-state index in [-0.39, 0.29) is 12.5 Å². The molecule has 1 rings (SSSR count). The van der Waals surface area contributed by atoms with E-state index in [9.17, 15) is 4.79 Å². The standard InChI is InChI=1S/C12H24N2O2/c1-2-8-14(9-10-15)11(16)12(13)6-4-3-5-7-12/h15H,2-10,13H2,1H3. The lowest BCUT2D eigenvalue weighted by Gasteiger charge is -2.36. The summed E-state index contributed by atoms with van der Waals surface area (Å²) < 4.78 is 0. The lowest BCUT2D eigenvalue weighted by molar-refractivity contribution is -0.138. The molecule has 0 aromatic rings. The summed E-state index contributed by atoms with van der Waals surface area (Å²) in [6.45, 7) is 3.15. The molecule has 1 saturated carbocycles. The Labute approximate surface area is 97.8 Å². The SMILES string of the molecule is CCCN(CCO)C(=O)C1(N)CCCCC1. The van der Waals surface area contributed by atoms with Crippen LogP contribution in [0.2, 0.25) is 0 Å². The summed E-state index contributed by atoms with van der Waals surface area (Å²) in [6, 6.07) is 0. The fourth-order valence-electron chi connectivity index (χ4n) is 2.42. The van der Waals surface area contributed by atoms with Crippen molar-refractivity contribution in [1.29, 1.82) is 0 Å². The Hall–Kier alpha value is -0.610. The van der Waals surface area contributed by atoms with Crippen LogP contribution in [-0.4, -0.2) is 41.1 Å². The monoisotopic (exact) mass is 228 g/mol. The topological polar surface area (TPSA) is 66.6 Å². The predicted octanol–water partition coefficient (Wildman–Crippen LogP) is 0.879. The first-order valence-electron chi connectivity index (χ1n) is 6.33. The van der Waals surface area contributed by atoms with E-state index in [1.54, 1.807) is 4.90 Å². The molecule has 0 bridgehead atoms. The van der Waals surface area contributed by atoms with Crippen LogP contribution in [0.25, 0.3) is 0 Å². The summed E-state index contributed by atoms with van der Waals surface area (Å²) in [6.07, 6.45) is 5.75. The van der Waals surface area contributed by atoms with Crippen LogP contribution in [0, 0.1) is 0 Å². The predicted molar refractivity (Wildman–Crippen MR) is 64.0 cm³/mol. The molecule has 1 aliphatic carbocycles. The van der Waals surface area contributed by atoms with Crippen LogP contribution < -0.4 is 5.73 Å². The zero-order valence-electron chi connectivity index (χ0n) is 10.2. The van der Waals surface area contributed by atoms with Gasteiger partial charge in [-0.3, -0.25) is 4.79 Å². The third-order valence-corrected chi connectivity index (χ3v) is 3.32.